The number of amides is 1. The molecule has 6 heteroatoms. The molecule has 142 valence electrons. The quantitative estimate of drug-likeness (QED) is 0.795. The van der Waals surface area contributed by atoms with Crippen LogP contribution in [0.15, 0.2) is 16.7 Å². The average Bonchev–Trinajstić information content (AvgIpc) is 2.92. The number of carbonyl (C=O) groups is 1. The number of rotatable bonds is 2. The maximum atomic E-state index is 13.4. The molecule has 1 N–H and O–H groups in total. The molecular weight excluding hydrogens is 394 g/mol. The molecule has 1 saturated carbocycles. The molecule has 3 fully saturated rings. The van der Waals surface area contributed by atoms with Gasteiger partial charge in [-0.15, -0.1) is 0 Å². The number of carbonyl (C=O) groups excluding carboxylic acids is 1. The molecule has 1 spiro atoms. The lowest BCUT2D eigenvalue weighted by atomic mass is 9.78. The lowest BCUT2D eigenvalue weighted by Gasteiger charge is -2.41. The van der Waals surface area contributed by atoms with Gasteiger partial charge in [0, 0.05) is 36.3 Å². The van der Waals surface area contributed by atoms with E-state index in [0.717, 1.165) is 80.4 Å². The maximum Gasteiger partial charge on any atom is 0.230 e. The van der Waals surface area contributed by atoms with Gasteiger partial charge in [-0.1, -0.05) is 0 Å². The summed E-state index contributed by atoms with van der Waals surface area (Å²) in [6.07, 6.45) is 8.21. The molecule has 2 aliphatic heterocycles. The Morgan fingerprint density at radius 2 is 2.00 bits per heavy atom. The van der Waals surface area contributed by atoms with Gasteiger partial charge in [0.25, 0.3) is 0 Å². The predicted molar refractivity (Wildman–Crippen MR) is 105 cm³/mol. The van der Waals surface area contributed by atoms with E-state index in [1.807, 2.05) is 6.20 Å². The van der Waals surface area contributed by atoms with Gasteiger partial charge in [0.1, 0.15) is 5.82 Å². The summed E-state index contributed by atoms with van der Waals surface area (Å²) in [7, 11) is 0. The Bertz CT molecular complexity index is 690. The van der Waals surface area contributed by atoms with Crippen LogP contribution in [0.2, 0.25) is 0 Å². The van der Waals surface area contributed by atoms with E-state index in [9.17, 15) is 9.90 Å². The Morgan fingerprint density at radius 1 is 1.23 bits per heavy atom. The van der Waals surface area contributed by atoms with Gasteiger partial charge in [0.2, 0.25) is 5.91 Å². The van der Waals surface area contributed by atoms with Crippen LogP contribution in [0.1, 0.15) is 50.5 Å². The van der Waals surface area contributed by atoms with E-state index in [0.29, 0.717) is 11.9 Å². The fourth-order valence-corrected chi connectivity index (χ4v) is 5.57. The molecule has 1 aliphatic carbocycles. The van der Waals surface area contributed by atoms with Crippen LogP contribution in [-0.4, -0.2) is 52.7 Å². The second kappa shape index (κ2) is 7.12. The van der Waals surface area contributed by atoms with Gasteiger partial charge < -0.3 is 14.9 Å². The summed E-state index contributed by atoms with van der Waals surface area (Å²) in [5, 5.41) is 9.76. The van der Waals surface area contributed by atoms with Crippen molar-refractivity contribution in [2.75, 3.05) is 24.5 Å². The van der Waals surface area contributed by atoms with Gasteiger partial charge in [0.05, 0.1) is 11.5 Å². The first-order valence-electron chi connectivity index (χ1n) is 9.85. The van der Waals surface area contributed by atoms with Crippen molar-refractivity contribution < 1.29 is 9.90 Å². The fraction of sp³-hybridized carbons (Fsp3) is 0.700. The summed E-state index contributed by atoms with van der Waals surface area (Å²) >= 11 is 3.49. The minimum absolute atomic E-state index is 0.172. The zero-order chi connectivity index (χ0) is 18.3. The van der Waals surface area contributed by atoms with Crippen LogP contribution in [-0.2, 0) is 4.79 Å². The molecule has 0 radical (unpaired) electrons. The standard InChI is InChI=1S/C20H28BrN3O2/c1-14-11-15(21)12-22-18(14)23-9-2-7-20(13-23)8-10-24(19(20)26)16-3-5-17(25)6-4-16/h11-12,16-17,25H,2-10,13H2,1H3/t16?,17?,20-/m1/s1. The van der Waals surface area contributed by atoms with E-state index in [1.165, 1.54) is 0 Å². The first-order chi connectivity index (χ1) is 12.5. The highest BCUT2D eigenvalue weighted by Crippen LogP contribution is 2.43. The number of halogens is 1. The van der Waals surface area contributed by atoms with Gasteiger partial charge >= 0.3 is 0 Å². The van der Waals surface area contributed by atoms with E-state index in [2.05, 4.69) is 43.7 Å². The van der Waals surface area contributed by atoms with Crippen molar-refractivity contribution >= 4 is 27.7 Å². The van der Waals surface area contributed by atoms with Crippen molar-refractivity contribution in [1.82, 2.24) is 9.88 Å². The SMILES string of the molecule is Cc1cc(Br)cnc1N1CCC[C@@]2(CCN(C3CCC(O)CC3)C2=O)C1. The molecule has 0 unspecified atom stereocenters. The van der Waals surface area contributed by atoms with Crippen LogP contribution in [0.25, 0.3) is 0 Å². The predicted octanol–water partition coefficient (Wildman–Crippen LogP) is 3.27. The Hall–Kier alpha value is -1.14. The van der Waals surface area contributed by atoms with Crippen molar-refractivity contribution in [3.63, 3.8) is 0 Å². The van der Waals surface area contributed by atoms with Crippen LogP contribution in [0, 0.1) is 12.3 Å². The third-order valence-electron chi connectivity index (χ3n) is 6.55. The molecule has 2 saturated heterocycles. The van der Waals surface area contributed by atoms with Gasteiger partial charge in [-0.2, -0.15) is 0 Å². The Balaban J connectivity index is 1.50. The minimum atomic E-state index is -0.241. The number of piperidine rings is 1. The minimum Gasteiger partial charge on any atom is -0.393 e. The van der Waals surface area contributed by atoms with Crippen LogP contribution < -0.4 is 4.90 Å². The Kier molecular flexibility index (Phi) is 4.99. The number of anilines is 1. The number of likely N-dealkylation sites (tertiary alicyclic amines) is 1. The second-order valence-corrected chi connectivity index (χ2v) is 9.23. The van der Waals surface area contributed by atoms with E-state index < -0.39 is 0 Å². The van der Waals surface area contributed by atoms with Crippen LogP contribution >= 0.6 is 15.9 Å². The highest BCUT2D eigenvalue weighted by Gasteiger charge is 2.50. The molecule has 1 amide bonds. The van der Waals surface area contributed by atoms with Crippen LogP contribution in [0.5, 0.6) is 0 Å². The summed E-state index contributed by atoms with van der Waals surface area (Å²) in [4.78, 5) is 22.5. The Labute approximate surface area is 163 Å². The molecule has 0 aromatic carbocycles. The fourth-order valence-electron chi connectivity index (χ4n) is 5.12. The highest BCUT2D eigenvalue weighted by molar-refractivity contribution is 9.10. The number of hydrogen-bond donors (Lipinski definition) is 1. The van der Waals surface area contributed by atoms with Crippen molar-refractivity contribution in [3.8, 4) is 0 Å². The molecule has 26 heavy (non-hydrogen) atoms. The summed E-state index contributed by atoms with van der Waals surface area (Å²) in [5.74, 6) is 1.36. The number of aliphatic hydroxyl groups is 1. The molecule has 3 aliphatic rings. The van der Waals surface area contributed by atoms with E-state index in [-0.39, 0.29) is 11.5 Å². The molecular formula is C20H28BrN3O2. The summed E-state index contributed by atoms with van der Waals surface area (Å²) in [5.41, 5.74) is 0.912. The first kappa shape index (κ1) is 18.2. The second-order valence-electron chi connectivity index (χ2n) is 8.31. The zero-order valence-electron chi connectivity index (χ0n) is 15.5. The lowest BCUT2D eigenvalue weighted by Crippen LogP contribution is -2.50. The first-order valence-corrected chi connectivity index (χ1v) is 10.6. The third-order valence-corrected chi connectivity index (χ3v) is 6.98. The maximum absolute atomic E-state index is 13.4. The number of aryl methyl sites for hydroxylation is 1. The summed E-state index contributed by atoms with van der Waals surface area (Å²) in [6, 6.07) is 2.42. The molecule has 4 rings (SSSR count). The zero-order valence-corrected chi connectivity index (χ0v) is 17.0. The molecule has 1 aromatic heterocycles. The molecule has 5 nitrogen and oxygen atoms in total. The Morgan fingerprint density at radius 3 is 2.73 bits per heavy atom. The summed E-state index contributed by atoms with van der Waals surface area (Å²) in [6.45, 7) is 4.72. The highest BCUT2D eigenvalue weighted by atomic mass is 79.9. The molecule has 3 heterocycles. The van der Waals surface area contributed by atoms with Gasteiger partial charge in [-0.05, 0) is 79.4 Å². The summed E-state index contributed by atoms with van der Waals surface area (Å²) < 4.78 is 0.994. The number of aromatic nitrogens is 1. The van der Waals surface area contributed by atoms with Gasteiger partial charge in [-0.3, -0.25) is 4.79 Å². The van der Waals surface area contributed by atoms with Crippen molar-refractivity contribution in [2.45, 2.75) is 64.0 Å². The lowest BCUT2D eigenvalue weighted by molar-refractivity contribution is -0.139. The van der Waals surface area contributed by atoms with E-state index in [4.69, 9.17) is 0 Å². The molecule has 1 aromatic rings. The number of pyridine rings is 1. The monoisotopic (exact) mass is 421 g/mol. The van der Waals surface area contributed by atoms with Crippen molar-refractivity contribution in [3.05, 3.63) is 22.3 Å². The largest absolute Gasteiger partial charge is 0.393 e. The van der Waals surface area contributed by atoms with E-state index >= 15 is 0 Å². The third kappa shape index (κ3) is 3.26. The van der Waals surface area contributed by atoms with Crippen molar-refractivity contribution in [2.24, 2.45) is 5.41 Å². The van der Waals surface area contributed by atoms with Crippen LogP contribution in [0.3, 0.4) is 0 Å². The number of hydrogen-bond acceptors (Lipinski definition) is 4. The topological polar surface area (TPSA) is 56.7 Å². The number of aliphatic hydroxyl groups excluding tert-OH is 1. The molecule has 1 atom stereocenters. The smallest absolute Gasteiger partial charge is 0.230 e. The average molecular weight is 422 g/mol. The normalized spacial score (nSPS) is 32.5. The van der Waals surface area contributed by atoms with E-state index in [1.54, 1.807) is 0 Å². The van der Waals surface area contributed by atoms with Gasteiger partial charge in [0.15, 0.2) is 0 Å². The number of nitrogens with zero attached hydrogens (tertiary/aromatic N) is 3. The van der Waals surface area contributed by atoms with Crippen LogP contribution in [0.4, 0.5) is 5.82 Å². The molecule has 0 bridgehead atoms. The van der Waals surface area contributed by atoms with Gasteiger partial charge in [-0.25, -0.2) is 4.98 Å². The van der Waals surface area contributed by atoms with Crippen molar-refractivity contribution in [1.29, 1.82) is 0 Å².